The van der Waals surface area contributed by atoms with Crippen LogP contribution in [0.2, 0.25) is 0 Å². The lowest BCUT2D eigenvalue weighted by molar-refractivity contribution is -0.305. The highest BCUT2D eigenvalue weighted by Gasteiger charge is 2.63. The fourth-order valence-corrected chi connectivity index (χ4v) is 6.21. The summed E-state index contributed by atoms with van der Waals surface area (Å²) >= 11 is 0. The van der Waals surface area contributed by atoms with Crippen LogP contribution in [0.25, 0.3) is 0 Å². The van der Waals surface area contributed by atoms with E-state index in [0.717, 1.165) is 64.6 Å². The van der Waals surface area contributed by atoms with Crippen molar-refractivity contribution in [3.63, 3.8) is 0 Å². The van der Waals surface area contributed by atoms with Crippen LogP contribution in [0.1, 0.15) is 122 Å². The van der Waals surface area contributed by atoms with Crippen molar-refractivity contribution in [2.45, 2.75) is 141 Å². The maximum Gasteiger partial charge on any atom is 0.337 e. The van der Waals surface area contributed by atoms with Gasteiger partial charge in [0.25, 0.3) is 5.91 Å². The van der Waals surface area contributed by atoms with Crippen LogP contribution in [0, 0.1) is 5.41 Å². The van der Waals surface area contributed by atoms with Crippen LogP contribution in [0.5, 0.6) is 0 Å². The number of carbonyl (C=O) groups excluding carboxylic acids is 2. The number of esters is 1. The molecule has 0 spiro atoms. The summed E-state index contributed by atoms with van der Waals surface area (Å²) in [4.78, 5) is 26.2. The Morgan fingerprint density at radius 2 is 1.52 bits per heavy atom. The van der Waals surface area contributed by atoms with Crippen molar-refractivity contribution < 1.29 is 33.3 Å². The second kappa shape index (κ2) is 15.4. The second-order valence-electron chi connectivity index (χ2n) is 14.1. The molecule has 1 aromatic rings. The molecule has 44 heavy (non-hydrogen) atoms. The number of rotatable bonds is 16. The van der Waals surface area contributed by atoms with Crippen LogP contribution in [0.3, 0.4) is 0 Å². The summed E-state index contributed by atoms with van der Waals surface area (Å²) < 4.78 is 30.6. The Kier molecular flexibility index (Phi) is 12.1. The van der Waals surface area contributed by atoms with Crippen LogP contribution < -0.4 is 5.32 Å². The maximum absolute atomic E-state index is 13.2. The number of hydrogen-bond donors (Lipinski definition) is 1. The molecule has 8 heteroatoms. The lowest BCUT2D eigenvalue weighted by Crippen LogP contribution is -2.68. The molecule has 0 radical (unpaired) electrons. The van der Waals surface area contributed by atoms with E-state index in [1.807, 2.05) is 19.9 Å². The van der Waals surface area contributed by atoms with Gasteiger partial charge in [0.2, 0.25) is 0 Å². The Labute approximate surface area is 264 Å². The first kappa shape index (κ1) is 34.6. The number of nitrogens with one attached hydrogen (secondary N) is 1. The Balaban J connectivity index is 1.21. The summed E-state index contributed by atoms with van der Waals surface area (Å²) in [6, 6.07) is 8.83. The molecule has 1 N–H and O–H groups in total. The fraction of sp³-hybridized carbons (Fsp3) is 0.722. The number of allylic oxidation sites excluding steroid dienone is 1. The van der Waals surface area contributed by atoms with Crippen LogP contribution in [0.4, 0.5) is 0 Å². The van der Waals surface area contributed by atoms with Gasteiger partial charge >= 0.3 is 5.97 Å². The van der Waals surface area contributed by atoms with Gasteiger partial charge in [-0.15, -0.1) is 0 Å². The molecule has 3 aliphatic heterocycles. The third-order valence-electron chi connectivity index (χ3n) is 8.95. The third-order valence-corrected chi connectivity index (χ3v) is 8.95. The van der Waals surface area contributed by atoms with Crippen molar-refractivity contribution in [2.24, 2.45) is 5.41 Å². The lowest BCUT2D eigenvalue weighted by atomic mass is 9.89. The summed E-state index contributed by atoms with van der Waals surface area (Å²) in [5.41, 5.74) is -0.831. The standard InChI is InChI=1S/C36H55NO7/c1-6-7-8-18-23-35(41-25-33(2,3)26-42-35)24-19-13-11-9-10-12-17-22-29-30-36(32(39)43-29,27-40-34(4,5)44-30)37-31(38)28-20-15-14-16-21-28/h12,14-17,20-21,29-30H,6-11,13,18-19,22-27H2,1-5H3,(H,37,38)/b17-12-/t29-,30+,36-/m1/s1. The first-order valence-corrected chi connectivity index (χ1v) is 16.8. The highest BCUT2D eigenvalue weighted by Crippen LogP contribution is 2.40. The van der Waals surface area contributed by atoms with E-state index in [1.165, 1.54) is 19.3 Å². The number of amides is 1. The highest BCUT2D eigenvalue weighted by atomic mass is 16.7. The molecule has 8 nitrogen and oxygen atoms in total. The first-order valence-electron chi connectivity index (χ1n) is 16.8. The summed E-state index contributed by atoms with van der Waals surface area (Å²) in [6.07, 6.45) is 15.9. The largest absolute Gasteiger partial charge is 0.457 e. The van der Waals surface area contributed by atoms with Gasteiger partial charge in [-0.1, -0.05) is 83.2 Å². The molecule has 1 aromatic carbocycles. The van der Waals surface area contributed by atoms with Crippen LogP contribution >= 0.6 is 0 Å². The zero-order valence-electron chi connectivity index (χ0n) is 27.7. The Morgan fingerprint density at radius 1 is 0.864 bits per heavy atom. The van der Waals surface area contributed by atoms with Crippen molar-refractivity contribution in [1.82, 2.24) is 5.32 Å². The fourth-order valence-electron chi connectivity index (χ4n) is 6.21. The van der Waals surface area contributed by atoms with Gasteiger partial charge in [0.05, 0.1) is 19.8 Å². The average molecular weight is 614 g/mol. The monoisotopic (exact) mass is 613 g/mol. The van der Waals surface area contributed by atoms with Crippen molar-refractivity contribution in [1.29, 1.82) is 0 Å². The molecule has 1 amide bonds. The highest BCUT2D eigenvalue weighted by molar-refractivity contribution is 5.99. The zero-order chi connectivity index (χ0) is 31.7. The summed E-state index contributed by atoms with van der Waals surface area (Å²) in [5, 5.41) is 2.90. The van der Waals surface area contributed by atoms with Crippen LogP contribution in [-0.4, -0.2) is 61.0 Å². The predicted molar refractivity (Wildman–Crippen MR) is 170 cm³/mol. The Bertz CT molecular complexity index is 1090. The molecule has 3 atom stereocenters. The van der Waals surface area contributed by atoms with Crippen LogP contribution in [0.15, 0.2) is 42.5 Å². The van der Waals surface area contributed by atoms with Gasteiger partial charge in [-0.3, -0.25) is 4.79 Å². The van der Waals surface area contributed by atoms with Crippen molar-refractivity contribution in [3.05, 3.63) is 48.0 Å². The van der Waals surface area contributed by atoms with E-state index in [9.17, 15) is 9.59 Å². The van der Waals surface area contributed by atoms with Gasteiger partial charge in [-0.05, 0) is 51.7 Å². The summed E-state index contributed by atoms with van der Waals surface area (Å²) in [7, 11) is 0. The van der Waals surface area contributed by atoms with Gasteiger partial charge in [0, 0.05) is 30.2 Å². The van der Waals surface area contributed by atoms with E-state index >= 15 is 0 Å². The van der Waals surface area contributed by atoms with Crippen molar-refractivity contribution in [2.75, 3.05) is 19.8 Å². The number of unbranched alkanes of at least 4 members (excludes halogenated alkanes) is 7. The maximum atomic E-state index is 13.2. The van der Waals surface area contributed by atoms with Gasteiger partial charge in [0.15, 0.2) is 17.1 Å². The molecule has 3 saturated heterocycles. The second-order valence-corrected chi connectivity index (χ2v) is 14.1. The number of carbonyl (C=O) groups is 2. The Morgan fingerprint density at radius 3 is 2.20 bits per heavy atom. The van der Waals surface area contributed by atoms with E-state index in [-0.39, 0.29) is 17.9 Å². The molecule has 0 aromatic heterocycles. The molecular weight excluding hydrogens is 558 g/mol. The average Bonchev–Trinajstić information content (AvgIpc) is 3.25. The molecule has 0 unspecified atom stereocenters. The minimum Gasteiger partial charge on any atom is -0.457 e. The number of hydrogen-bond acceptors (Lipinski definition) is 7. The first-order chi connectivity index (χ1) is 21.0. The van der Waals surface area contributed by atoms with E-state index in [4.69, 9.17) is 23.7 Å². The molecule has 246 valence electrons. The number of ether oxygens (including phenoxy) is 5. The molecular formula is C36H55NO7. The number of benzene rings is 1. The molecule has 0 saturated carbocycles. The zero-order valence-corrected chi connectivity index (χ0v) is 27.7. The molecule has 0 bridgehead atoms. The van der Waals surface area contributed by atoms with Crippen molar-refractivity contribution in [3.8, 4) is 0 Å². The SMILES string of the molecule is CCCCCCC1(CCCCCC/C=C\C[C@H]2OC(=O)[C@@]3(NC(=O)c4ccccc4)COC(C)(C)O[C@@H]23)OCC(C)(C)CO1. The topological polar surface area (TPSA) is 92.3 Å². The van der Waals surface area contributed by atoms with E-state index in [2.05, 4.69) is 38.2 Å². The number of fused-ring (bicyclic) bond motifs is 1. The minimum absolute atomic E-state index is 0.00382. The number of cyclic esters (lactones) is 1. The molecule has 3 fully saturated rings. The normalized spacial score (nSPS) is 27.2. The lowest BCUT2D eigenvalue weighted by Gasteiger charge is -2.44. The molecule has 3 aliphatic rings. The molecule has 4 rings (SSSR count). The summed E-state index contributed by atoms with van der Waals surface area (Å²) in [6.45, 7) is 11.8. The molecule has 3 heterocycles. The molecule has 0 aliphatic carbocycles. The Hall–Kier alpha value is -2.26. The van der Waals surface area contributed by atoms with E-state index < -0.39 is 35.3 Å². The van der Waals surface area contributed by atoms with Crippen molar-refractivity contribution >= 4 is 11.9 Å². The third kappa shape index (κ3) is 9.15. The summed E-state index contributed by atoms with van der Waals surface area (Å²) in [5.74, 6) is -2.17. The predicted octanol–water partition coefficient (Wildman–Crippen LogP) is 7.26. The van der Waals surface area contributed by atoms with E-state index in [1.54, 1.807) is 24.3 Å². The van der Waals surface area contributed by atoms with Gasteiger partial charge in [-0.25, -0.2) is 4.79 Å². The van der Waals surface area contributed by atoms with Gasteiger partial charge < -0.3 is 29.0 Å². The van der Waals surface area contributed by atoms with Gasteiger partial charge in [-0.2, -0.15) is 0 Å². The minimum atomic E-state index is -1.38. The van der Waals surface area contributed by atoms with Crippen LogP contribution in [-0.2, 0) is 28.5 Å². The van der Waals surface area contributed by atoms with E-state index in [0.29, 0.717) is 12.0 Å². The smallest absolute Gasteiger partial charge is 0.337 e. The van der Waals surface area contributed by atoms with Gasteiger partial charge in [0.1, 0.15) is 12.2 Å². The quantitative estimate of drug-likeness (QED) is 0.119.